The van der Waals surface area contributed by atoms with Crippen LogP contribution in [0, 0.1) is 11.8 Å². The van der Waals surface area contributed by atoms with E-state index in [9.17, 15) is 0 Å². The number of hydrogen-bond donors (Lipinski definition) is 0. The van der Waals surface area contributed by atoms with Gasteiger partial charge >= 0.3 is 0 Å². The maximum absolute atomic E-state index is 2.33. The molecule has 1 aliphatic carbocycles. The third-order valence-corrected chi connectivity index (χ3v) is 3.62. The molecule has 0 saturated heterocycles. The van der Waals surface area contributed by atoms with Crippen LogP contribution in [0.25, 0.3) is 0 Å². The Kier molecular flexibility index (Phi) is 7.13. The van der Waals surface area contributed by atoms with E-state index in [0.29, 0.717) is 0 Å². The molecule has 1 radical (unpaired) electrons. The lowest BCUT2D eigenvalue weighted by Gasteiger charge is -2.12. The summed E-state index contributed by atoms with van der Waals surface area (Å²) < 4.78 is 0. The summed E-state index contributed by atoms with van der Waals surface area (Å²) in [6, 6.07) is 0. The van der Waals surface area contributed by atoms with Crippen LogP contribution in [0.5, 0.6) is 0 Å². The van der Waals surface area contributed by atoms with Gasteiger partial charge in [-0.1, -0.05) is 65.2 Å². The highest BCUT2D eigenvalue weighted by atomic mass is 14.2. The van der Waals surface area contributed by atoms with Gasteiger partial charge in [-0.05, 0) is 31.1 Å². The Hall–Kier alpha value is 0. The van der Waals surface area contributed by atoms with E-state index < -0.39 is 0 Å². The summed E-state index contributed by atoms with van der Waals surface area (Å²) in [5.41, 5.74) is 0. The molecule has 0 N–H and O–H groups in total. The van der Waals surface area contributed by atoms with Crippen molar-refractivity contribution in [3.05, 3.63) is 5.92 Å². The second-order valence-corrected chi connectivity index (χ2v) is 5.66. The van der Waals surface area contributed by atoms with Gasteiger partial charge in [-0.15, -0.1) is 0 Å². The third-order valence-electron chi connectivity index (χ3n) is 3.62. The highest BCUT2D eigenvalue weighted by molar-refractivity contribution is 4.90. The van der Waals surface area contributed by atoms with E-state index >= 15 is 0 Å². The molecule has 0 atom stereocenters. The first kappa shape index (κ1) is 13.1. The summed E-state index contributed by atoms with van der Waals surface area (Å²) in [5.74, 6) is 2.78. The van der Waals surface area contributed by atoms with Gasteiger partial charge in [0.15, 0.2) is 0 Å². The molecule has 0 spiro atoms. The minimum absolute atomic E-state index is 0.899. The minimum atomic E-state index is 0.899. The molecule has 0 heteroatoms. The largest absolute Gasteiger partial charge is 0.0628 e. The maximum atomic E-state index is 2.33. The molecule has 0 aromatic rings. The SMILES string of the molecule is CC(C)CCCCC[C]1CCCCCC1. The Morgan fingerprint density at radius 2 is 1.53 bits per heavy atom. The minimum Gasteiger partial charge on any atom is -0.0628 e. The fraction of sp³-hybridized carbons (Fsp3) is 0.933. The molecule has 1 fully saturated rings. The summed E-state index contributed by atoms with van der Waals surface area (Å²) in [5, 5.41) is 0. The Morgan fingerprint density at radius 1 is 0.867 bits per heavy atom. The second-order valence-electron chi connectivity index (χ2n) is 5.66. The predicted octanol–water partition coefficient (Wildman–Crippen LogP) is 5.52. The van der Waals surface area contributed by atoms with Gasteiger partial charge in [0, 0.05) is 0 Å². The van der Waals surface area contributed by atoms with E-state index in [0.717, 1.165) is 5.92 Å². The number of unbranched alkanes of at least 4 members (excludes halogenated alkanes) is 2. The fourth-order valence-electron chi connectivity index (χ4n) is 2.58. The zero-order valence-electron chi connectivity index (χ0n) is 10.9. The van der Waals surface area contributed by atoms with E-state index in [1.54, 1.807) is 0 Å². The van der Waals surface area contributed by atoms with Gasteiger partial charge < -0.3 is 0 Å². The lowest BCUT2D eigenvalue weighted by Crippen LogP contribution is -1.96. The molecule has 89 valence electrons. The van der Waals surface area contributed by atoms with Crippen molar-refractivity contribution in [1.82, 2.24) is 0 Å². The Bertz CT molecular complexity index is 129. The predicted molar refractivity (Wildman–Crippen MR) is 68.9 cm³/mol. The normalized spacial score (nSPS) is 19.4. The van der Waals surface area contributed by atoms with Gasteiger partial charge in [-0.2, -0.15) is 0 Å². The van der Waals surface area contributed by atoms with Crippen LogP contribution < -0.4 is 0 Å². The lowest BCUT2D eigenvalue weighted by molar-refractivity contribution is 0.513. The van der Waals surface area contributed by atoms with E-state index in [4.69, 9.17) is 0 Å². The van der Waals surface area contributed by atoms with Crippen molar-refractivity contribution in [3.8, 4) is 0 Å². The standard InChI is InChI=1S/C15H29/c1-14(2)10-6-5-9-13-15-11-7-3-4-8-12-15/h14H,3-13H2,1-2H3. The van der Waals surface area contributed by atoms with Crippen LogP contribution in [0.2, 0.25) is 0 Å². The fourth-order valence-corrected chi connectivity index (χ4v) is 2.58. The smallest absolute Gasteiger partial charge is 0.0241 e. The Balaban J connectivity index is 1.94. The van der Waals surface area contributed by atoms with Crippen LogP contribution >= 0.6 is 0 Å². The van der Waals surface area contributed by atoms with Gasteiger partial charge in [0.25, 0.3) is 0 Å². The van der Waals surface area contributed by atoms with Crippen LogP contribution in [0.15, 0.2) is 0 Å². The molecule has 0 bridgehead atoms. The van der Waals surface area contributed by atoms with Crippen molar-refractivity contribution in [3.63, 3.8) is 0 Å². The summed E-state index contributed by atoms with van der Waals surface area (Å²) in [6.07, 6.45) is 16.0. The van der Waals surface area contributed by atoms with Crippen LogP contribution in [-0.2, 0) is 0 Å². The summed E-state index contributed by atoms with van der Waals surface area (Å²) in [7, 11) is 0. The Morgan fingerprint density at radius 3 is 2.13 bits per heavy atom. The average molecular weight is 209 g/mol. The molecular weight excluding hydrogens is 180 g/mol. The molecule has 0 heterocycles. The second kappa shape index (κ2) is 8.19. The van der Waals surface area contributed by atoms with Crippen molar-refractivity contribution < 1.29 is 0 Å². The molecule has 0 amide bonds. The van der Waals surface area contributed by atoms with E-state index in [1.807, 2.05) is 5.92 Å². The summed E-state index contributed by atoms with van der Waals surface area (Å²) >= 11 is 0. The van der Waals surface area contributed by atoms with Crippen LogP contribution in [0.3, 0.4) is 0 Å². The van der Waals surface area contributed by atoms with Crippen molar-refractivity contribution in [2.45, 2.75) is 84.5 Å². The van der Waals surface area contributed by atoms with E-state index in [-0.39, 0.29) is 0 Å². The average Bonchev–Trinajstić information content (AvgIpc) is 2.45. The van der Waals surface area contributed by atoms with Crippen LogP contribution in [0.4, 0.5) is 0 Å². The van der Waals surface area contributed by atoms with E-state index in [1.165, 1.54) is 70.6 Å². The molecule has 0 aromatic carbocycles. The van der Waals surface area contributed by atoms with Crippen LogP contribution in [-0.4, -0.2) is 0 Å². The highest BCUT2D eigenvalue weighted by Gasteiger charge is 2.11. The van der Waals surface area contributed by atoms with Gasteiger partial charge in [-0.25, -0.2) is 0 Å². The number of rotatable bonds is 6. The van der Waals surface area contributed by atoms with Gasteiger partial charge in [0.05, 0.1) is 0 Å². The van der Waals surface area contributed by atoms with Gasteiger partial charge in [0.1, 0.15) is 0 Å². The first-order valence-corrected chi connectivity index (χ1v) is 7.12. The topological polar surface area (TPSA) is 0 Å². The van der Waals surface area contributed by atoms with Crippen molar-refractivity contribution in [1.29, 1.82) is 0 Å². The van der Waals surface area contributed by atoms with Gasteiger partial charge in [0.2, 0.25) is 0 Å². The summed E-state index contributed by atoms with van der Waals surface area (Å²) in [4.78, 5) is 0. The quantitative estimate of drug-likeness (QED) is 0.399. The number of hydrogen-bond acceptors (Lipinski definition) is 0. The third kappa shape index (κ3) is 6.98. The van der Waals surface area contributed by atoms with Crippen molar-refractivity contribution in [2.75, 3.05) is 0 Å². The molecule has 1 saturated carbocycles. The lowest BCUT2D eigenvalue weighted by atomic mass is 9.93. The van der Waals surface area contributed by atoms with Gasteiger partial charge in [-0.3, -0.25) is 0 Å². The maximum Gasteiger partial charge on any atom is -0.0241 e. The molecule has 15 heavy (non-hydrogen) atoms. The molecule has 0 aliphatic heterocycles. The molecule has 1 rings (SSSR count). The zero-order chi connectivity index (χ0) is 10.9. The molecule has 1 aliphatic rings. The molecular formula is C15H29. The summed E-state index contributed by atoms with van der Waals surface area (Å²) in [6.45, 7) is 4.67. The first-order valence-electron chi connectivity index (χ1n) is 7.12. The van der Waals surface area contributed by atoms with Crippen LogP contribution in [0.1, 0.15) is 84.5 Å². The Labute approximate surface area is 96.8 Å². The first-order chi connectivity index (χ1) is 7.29. The van der Waals surface area contributed by atoms with Crippen molar-refractivity contribution >= 4 is 0 Å². The van der Waals surface area contributed by atoms with E-state index in [2.05, 4.69) is 13.8 Å². The monoisotopic (exact) mass is 209 g/mol. The van der Waals surface area contributed by atoms with Crippen molar-refractivity contribution in [2.24, 2.45) is 5.92 Å². The molecule has 0 unspecified atom stereocenters. The molecule has 0 aromatic heterocycles. The molecule has 0 nitrogen and oxygen atoms in total. The highest BCUT2D eigenvalue weighted by Crippen LogP contribution is 2.29. The zero-order valence-corrected chi connectivity index (χ0v) is 10.9.